The van der Waals surface area contributed by atoms with E-state index < -0.39 is 0 Å². The Kier molecular flexibility index (Phi) is 4.51. The SMILES string of the molecule is CC#CCCC(O)c1sccc1Br. The Morgan fingerprint density at radius 1 is 1.69 bits per heavy atom. The minimum atomic E-state index is -0.379. The predicted octanol–water partition coefficient (Wildman–Crippen LogP) is 3.35. The molecule has 3 heteroatoms. The third kappa shape index (κ3) is 3.15. The minimum Gasteiger partial charge on any atom is -0.388 e. The smallest absolute Gasteiger partial charge is 0.0902 e. The van der Waals surface area contributed by atoms with Gasteiger partial charge in [0.25, 0.3) is 0 Å². The van der Waals surface area contributed by atoms with Gasteiger partial charge in [0.1, 0.15) is 0 Å². The van der Waals surface area contributed by atoms with Crippen molar-refractivity contribution in [2.24, 2.45) is 0 Å². The van der Waals surface area contributed by atoms with Crippen LogP contribution < -0.4 is 0 Å². The number of aliphatic hydroxyl groups is 1. The lowest BCUT2D eigenvalue weighted by Crippen LogP contribution is -1.94. The highest BCUT2D eigenvalue weighted by Crippen LogP contribution is 2.31. The molecule has 0 aliphatic rings. The summed E-state index contributed by atoms with van der Waals surface area (Å²) in [7, 11) is 0. The number of aliphatic hydroxyl groups excluding tert-OH is 1. The van der Waals surface area contributed by atoms with Gasteiger partial charge in [0.2, 0.25) is 0 Å². The zero-order chi connectivity index (χ0) is 9.68. The lowest BCUT2D eigenvalue weighted by molar-refractivity contribution is 0.172. The molecular formula is C10H11BrOS. The van der Waals surface area contributed by atoms with Crippen LogP contribution in [-0.4, -0.2) is 5.11 Å². The van der Waals surface area contributed by atoms with Crippen LogP contribution in [0.5, 0.6) is 0 Å². The van der Waals surface area contributed by atoms with Gasteiger partial charge in [-0.25, -0.2) is 0 Å². The van der Waals surface area contributed by atoms with Gasteiger partial charge >= 0.3 is 0 Å². The van der Waals surface area contributed by atoms with Crippen molar-refractivity contribution in [3.63, 3.8) is 0 Å². The van der Waals surface area contributed by atoms with E-state index in [1.54, 1.807) is 11.3 Å². The topological polar surface area (TPSA) is 20.2 Å². The van der Waals surface area contributed by atoms with E-state index in [4.69, 9.17) is 0 Å². The monoisotopic (exact) mass is 258 g/mol. The van der Waals surface area contributed by atoms with Gasteiger partial charge in [0.15, 0.2) is 0 Å². The number of thiophene rings is 1. The second kappa shape index (κ2) is 5.43. The molecule has 70 valence electrons. The molecule has 0 fully saturated rings. The first-order valence-corrected chi connectivity index (χ1v) is 5.73. The number of hydrogen-bond acceptors (Lipinski definition) is 2. The van der Waals surface area contributed by atoms with Gasteiger partial charge in [-0.3, -0.25) is 0 Å². The molecule has 0 aliphatic carbocycles. The maximum absolute atomic E-state index is 9.73. The van der Waals surface area contributed by atoms with Crippen molar-refractivity contribution < 1.29 is 5.11 Å². The molecule has 1 aromatic rings. The zero-order valence-electron chi connectivity index (χ0n) is 7.38. The first-order valence-electron chi connectivity index (χ1n) is 4.06. The van der Waals surface area contributed by atoms with Crippen molar-refractivity contribution in [2.75, 3.05) is 0 Å². The molecular weight excluding hydrogens is 248 g/mol. The molecule has 0 saturated heterocycles. The van der Waals surface area contributed by atoms with Crippen molar-refractivity contribution in [3.05, 3.63) is 20.8 Å². The maximum atomic E-state index is 9.73. The van der Waals surface area contributed by atoms with E-state index in [0.29, 0.717) is 6.42 Å². The Morgan fingerprint density at radius 2 is 2.46 bits per heavy atom. The summed E-state index contributed by atoms with van der Waals surface area (Å²) >= 11 is 4.96. The third-order valence-electron chi connectivity index (χ3n) is 1.67. The molecule has 1 heterocycles. The molecule has 0 saturated carbocycles. The maximum Gasteiger partial charge on any atom is 0.0902 e. The summed E-state index contributed by atoms with van der Waals surface area (Å²) in [6.07, 6.45) is 1.08. The van der Waals surface area contributed by atoms with Gasteiger partial charge < -0.3 is 5.11 Å². The highest BCUT2D eigenvalue weighted by molar-refractivity contribution is 9.10. The van der Waals surface area contributed by atoms with E-state index in [9.17, 15) is 5.11 Å². The molecule has 0 amide bonds. The molecule has 0 spiro atoms. The first kappa shape index (κ1) is 10.8. The number of rotatable bonds is 3. The molecule has 1 N–H and O–H groups in total. The Balaban J connectivity index is 2.52. The van der Waals surface area contributed by atoms with Gasteiger partial charge in [-0.2, -0.15) is 0 Å². The van der Waals surface area contributed by atoms with Crippen molar-refractivity contribution in [1.82, 2.24) is 0 Å². The lowest BCUT2D eigenvalue weighted by Gasteiger charge is -2.06. The average molecular weight is 259 g/mol. The van der Waals surface area contributed by atoms with Crippen LogP contribution in [0.1, 0.15) is 30.7 Å². The number of hydrogen-bond donors (Lipinski definition) is 1. The van der Waals surface area contributed by atoms with E-state index in [1.165, 1.54) is 0 Å². The molecule has 13 heavy (non-hydrogen) atoms. The summed E-state index contributed by atoms with van der Waals surface area (Å²) in [6.45, 7) is 1.81. The molecule has 1 aromatic heterocycles. The van der Waals surface area contributed by atoms with Crippen LogP contribution in [0.15, 0.2) is 15.9 Å². The van der Waals surface area contributed by atoms with E-state index in [2.05, 4.69) is 27.8 Å². The summed E-state index contributed by atoms with van der Waals surface area (Å²) < 4.78 is 0.995. The fourth-order valence-electron chi connectivity index (χ4n) is 1.01. The van der Waals surface area contributed by atoms with Crippen molar-refractivity contribution >= 4 is 27.3 Å². The Labute approximate surface area is 90.9 Å². The molecule has 0 radical (unpaired) electrons. The highest BCUT2D eigenvalue weighted by Gasteiger charge is 2.11. The van der Waals surface area contributed by atoms with E-state index in [-0.39, 0.29) is 6.10 Å². The first-order chi connectivity index (χ1) is 6.25. The summed E-state index contributed by atoms with van der Waals surface area (Å²) in [6, 6.07) is 1.95. The van der Waals surface area contributed by atoms with E-state index in [0.717, 1.165) is 15.8 Å². The normalized spacial score (nSPS) is 11.9. The zero-order valence-corrected chi connectivity index (χ0v) is 9.78. The van der Waals surface area contributed by atoms with Crippen molar-refractivity contribution in [3.8, 4) is 11.8 Å². The summed E-state index contributed by atoms with van der Waals surface area (Å²) in [5, 5.41) is 11.7. The Bertz CT molecular complexity index is 321. The summed E-state index contributed by atoms with van der Waals surface area (Å²) in [5.74, 6) is 5.75. The van der Waals surface area contributed by atoms with Gasteiger partial charge in [-0.15, -0.1) is 23.2 Å². The molecule has 1 rings (SSSR count). The van der Waals surface area contributed by atoms with Crippen LogP contribution in [0.2, 0.25) is 0 Å². The molecule has 1 nitrogen and oxygen atoms in total. The fraction of sp³-hybridized carbons (Fsp3) is 0.400. The molecule has 0 aromatic carbocycles. The van der Waals surface area contributed by atoms with Crippen LogP contribution in [0.4, 0.5) is 0 Å². The van der Waals surface area contributed by atoms with Crippen molar-refractivity contribution in [2.45, 2.75) is 25.9 Å². The predicted molar refractivity (Wildman–Crippen MR) is 59.7 cm³/mol. The Morgan fingerprint density at radius 3 is 3.00 bits per heavy atom. The molecule has 0 bridgehead atoms. The average Bonchev–Trinajstić information content (AvgIpc) is 2.52. The standard InChI is InChI=1S/C10H11BrOS/c1-2-3-4-5-9(12)10-8(11)6-7-13-10/h6-7,9,12H,4-5H2,1H3. The van der Waals surface area contributed by atoms with Gasteiger partial charge in [0, 0.05) is 15.8 Å². The second-order valence-corrected chi connectivity index (χ2v) is 4.42. The largest absolute Gasteiger partial charge is 0.388 e. The second-order valence-electron chi connectivity index (χ2n) is 2.61. The molecule has 1 atom stereocenters. The minimum absolute atomic E-state index is 0.379. The van der Waals surface area contributed by atoms with Crippen molar-refractivity contribution in [1.29, 1.82) is 0 Å². The fourth-order valence-corrected chi connectivity index (χ4v) is 2.67. The van der Waals surface area contributed by atoms with Crippen LogP contribution in [-0.2, 0) is 0 Å². The van der Waals surface area contributed by atoms with Crippen LogP contribution in [0.3, 0.4) is 0 Å². The summed E-state index contributed by atoms with van der Waals surface area (Å²) in [4.78, 5) is 0.998. The van der Waals surface area contributed by atoms with Gasteiger partial charge in [-0.05, 0) is 40.7 Å². The van der Waals surface area contributed by atoms with Gasteiger partial charge in [0.05, 0.1) is 6.10 Å². The van der Waals surface area contributed by atoms with Crippen LogP contribution in [0.25, 0.3) is 0 Å². The molecule has 1 unspecified atom stereocenters. The highest BCUT2D eigenvalue weighted by atomic mass is 79.9. The molecule has 0 aliphatic heterocycles. The summed E-state index contributed by atoms with van der Waals surface area (Å²) in [5.41, 5.74) is 0. The van der Waals surface area contributed by atoms with E-state index in [1.807, 2.05) is 18.4 Å². The van der Waals surface area contributed by atoms with Gasteiger partial charge in [-0.1, -0.05) is 0 Å². The lowest BCUT2D eigenvalue weighted by atomic mass is 10.2. The van der Waals surface area contributed by atoms with E-state index >= 15 is 0 Å². The quantitative estimate of drug-likeness (QED) is 0.825. The third-order valence-corrected chi connectivity index (χ3v) is 3.64. The van der Waals surface area contributed by atoms with Crippen LogP contribution >= 0.6 is 27.3 Å². The van der Waals surface area contributed by atoms with Crippen LogP contribution in [0, 0.1) is 11.8 Å². The number of halogens is 1. The Hall–Kier alpha value is -0.300.